The van der Waals surface area contributed by atoms with Crippen LogP contribution in [0.4, 0.5) is 0 Å². The molecule has 0 aromatic carbocycles. The highest BCUT2D eigenvalue weighted by molar-refractivity contribution is 5.76. The predicted molar refractivity (Wildman–Crippen MR) is 391 cm³/mol. The molecule has 1 amide bonds. The maximum Gasteiger partial charge on any atom is 0.220 e. The van der Waals surface area contributed by atoms with E-state index in [2.05, 4.69) is 177 Å². The van der Waals surface area contributed by atoms with Crippen molar-refractivity contribution in [2.75, 3.05) is 19.8 Å². The molecule has 14 nitrogen and oxygen atoms in total. The van der Waals surface area contributed by atoms with Crippen LogP contribution in [0.3, 0.4) is 0 Å². The Kier molecular flexibility index (Phi) is 57.2. The molecule has 0 aromatic rings. The molecule has 2 aliphatic rings. The van der Waals surface area contributed by atoms with Gasteiger partial charge in [-0.1, -0.05) is 274 Å². The van der Waals surface area contributed by atoms with Crippen LogP contribution in [0.5, 0.6) is 0 Å². The number of carbonyl (C=O) groups excluding carboxylic acids is 1. The standard InChI is InChI=1S/C81H131NO13/c1-3-5-7-9-11-13-15-17-19-21-23-25-26-27-28-29-30-31-32-33-34-35-36-37-38-39-40-41-42-43-44-45-47-49-51-53-55-57-59-61-63-65-73(86)82-69(70(85)64-62-60-58-56-54-52-50-48-46-24-22-20-18-16-14-12-10-8-6-4-2)68-92-80-78(91)76(89)79(72(67-84)94-80)95-81-77(90)75(88)74(87)71(66-83)93-81/h5,7,11,13,17,19,23,25,27-28,30-31,33-34,36-37,39-40,42-43,45-48,54,56,62,64,69-72,74-81,83-85,87-91H,3-4,6,8-10,12,14-16,18,20-22,24,26,29,32,35,38,41,44,49-53,55,57-61,63,65-68H2,1-2H3,(H,82,86)/b7-5-,13-11-,19-17-,25-23-,28-27-,31-30-,34-33-,37-36-,40-39-,43-42-,47-45-,48-46+,56-54+,64-62+. The fraction of sp³-hybridized carbons (Fsp3) is 0.642. The topological polar surface area (TPSA) is 228 Å². The predicted octanol–water partition coefficient (Wildman–Crippen LogP) is 16.0. The van der Waals surface area contributed by atoms with Crippen LogP contribution >= 0.6 is 0 Å². The summed E-state index contributed by atoms with van der Waals surface area (Å²) in [5.74, 6) is -0.271. The average molecular weight is 1330 g/mol. The Morgan fingerprint density at radius 3 is 1.16 bits per heavy atom. The molecule has 0 spiro atoms. The van der Waals surface area contributed by atoms with Gasteiger partial charge in [-0.15, -0.1) is 0 Å². The first-order valence-corrected chi connectivity index (χ1v) is 36.9. The molecule has 2 heterocycles. The zero-order valence-electron chi connectivity index (χ0n) is 58.6. The minimum atomic E-state index is -1.80. The van der Waals surface area contributed by atoms with Crippen LogP contribution in [0.1, 0.15) is 239 Å². The van der Waals surface area contributed by atoms with Crippen LogP contribution in [-0.2, 0) is 23.7 Å². The first-order chi connectivity index (χ1) is 46.6. The molecule has 2 fully saturated rings. The maximum absolute atomic E-state index is 13.3. The number of aliphatic hydroxyl groups is 8. The fourth-order valence-electron chi connectivity index (χ4n) is 10.8. The first kappa shape index (κ1) is 86.4. The number of nitrogens with one attached hydrogen (secondary N) is 1. The summed E-state index contributed by atoms with van der Waals surface area (Å²) in [7, 11) is 0. The van der Waals surface area contributed by atoms with Crippen molar-refractivity contribution in [1.29, 1.82) is 0 Å². The molecule has 0 radical (unpaired) electrons. The molecule has 0 aliphatic carbocycles. The zero-order chi connectivity index (χ0) is 68.7. The number of unbranched alkanes of at least 4 members (excludes halogenated alkanes) is 19. The van der Waals surface area contributed by atoms with Crippen LogP contribution in [0, 0.1) is 0 Å². The molecule has 2 saturated heterocycles. The Hall–Kier alpha value is -4.65. The van der Waals surface area contributed by atoms with E-state index in [1.165, 1.54) is 64.2 Å². The van der Waals surface area contributed by atoms with Gasteiger partial charge >= 0.3 is 0 Å². The molecule has 0 saturated carbocycles. The fourth-order valence-corrected chi connectivity index (χ4v) is 10.8. The van der Waals surface area contributed by atoms with Gasteiger partial charge in [-0.3, -0.25) is 4.79 Å². The molecule has 538 valence electrons. The summed E-state index contributed by atoms with van der Waals surface area (Å²) >= 11 is 0. The Balaban J connectivity index is 1.66. The van der Waals surface area contributed by atoms with Crippen LogP contribution < -0.4 is 5.32 Å². The van der Waals surface area contributed by atoms with Crippen molar-refractivity contribution in [3.8, 4) is 0 Å². The number of allylic oxidation sites excluding steroid dienone is 27. The number of rotatable bonds is 58. The van der Waals surface area contributed by atoms with Crippen LogP contribution in [-0.4, -0.2) is 140 Å². The average Bonchev–Trinajstić information content (AvgIpc) is 0.897. The molecule has 14 heteroatoms. The van der Waals surface area contributed by atoms with E-state index in [9.17, 15) is 45.6 Å². The molecule has 95 heavy (non-hydrogen) atoms. The number of amides is 1. The van der Waals surface area contributed by atoms with E-state index in [0.717, 1.165) is 141 Å². The van der Waals surface area contributed by atoms with E-state index < -0.39 is 86.8 Å². The van der Waals surface area contributed by atoms with Crippen molar-refractivity contribution in [3.63, 3.8) is 0 Å². The number of hydrogen-bond donors (Lipinski definition) is 9. The second kappa shape index (κ2) is 62.8. The highest BCUT2D eigenvalue weighted by Gasteiger charge is 2.51. The van der Waals surface area contributed by atoms with Gasteiger partial charge in [0.2, 0.25) is 5.91 Å². The molecule has 12 unspecified atom stereocenters. The number of carbonyl (C=O) groups is 1. The van der Waals surface area contributed by atoms with Crippen molar-refractivity contribution in [2.45, 2.75) is 312 Å². The molecular weight excluding hydrogens is 1190 g/mol. The third kappa shape index (κ3) is 46.3. The molecule has 0 bridgehead atoms. The summed E-state index contributed by atoms with van der Waals surface area (Å²) in [5.41, 5.74) is 0. The zero-order valence-corrected chi connectivity index (χ0v) is 58.6. The van der Waals surface area contributed by atoms with Gasteiger partial charge in [0.25, 0.3) is 0 Å². The van der Waals surface area contributed by atoms with Crippen molar-refractivity contribution in [1.82, 2.24) is 5.32 Å². The van der Waals surface area contributed by atoms with Crippen molar-refractivity contribution < 1.29 is 64.6 Å². The van der Waals surface area contributed by atoms with Gasteiger partial charge in [-0.2, -0.15) is 0 Å². The van der Waals surface area contributed by atoms with E-state index in [-0.39, 0.29) is 18.9 Å². The number of hydrogen-bond acceptors (Lipinski definition) is 13. The van der Waals surface area contributed by atoms with Gasteiger partial charge in [0.05, 0.1) is 32.0 Å². The van der Waals surface area contributed by atoms with E-state index in [1.54, 1.807) is 6.08 Å². The number of aliphatic hydroxyl groups excluding tert-OH is 8. The summed E-state index contributed by atoms with van der Waals surface area (Å²) in [6.07, 6.45) is 81.2. The molecule has 0 aromatic heterocycles. The van der Waals surface area contributed by atoms with Gasteiger partial charge in [0.1, 0.15) is 48.8 Å². The van der Waals surface area contributed by atoms with Crippen molar-refractivity contribution >= 4 is 5.91 Å². The van der Waals surface area contributed by atoms with E-state index >= 15 is 0 Å². The molecule has 12 atom stereocenters. The van der Waals surface area contributed by atoms with Gasteiger partial charge in [-0.05, 0) is 128 Å². The lowest BCUT2D eigenvalue weighted by atomic mass is 9.97. The highest BCUT2D eigenvalue weighted by Crippen LogP contribution is 2.30. The Morgan fingerprint density at radius 2 is 0.737 bits per heavy atom. The second-order valence-corrected chi connectivity index (χ2v) is 25.0. The van der Waals surface area contributed by atoms with E-state index in [0.29, 0.717) is 12.8 Å². The quantitative estimate of drug-likeness (QED) is 0.0204. The Morgan fingerprint density at radius 1 is 0.389 bits per heavy atom. The molecule has 2 rings (SSSR count). The third-order valence-electron chi connectivity index (χ3n) is 16.6. The van der Waals surface area contributed by atoms with Gasteiger partial charge < -0.3 is 65.1 Å². The Labute approximate surface area is 575 Å². The summed E-state index contributed by atoms with van der Waals surface area (Å²) in [4.78, 5) is 13.3. The maximum atomic E-state index is 13.3. The van der Waals surface area contributed by atoms with Gasteiger partial charge in [0, 0.05) is 6.42 Å². The Bertz CT molecular complexity index is 2250. The minimum absolute atomic E-state index is 0.246. The molecular formula is C81H131NO13. The van der Waals surface area contributed by atoms with Crippen LogP contribution in [0.15, 0.2) is 170 Å². The first-order valence-electron chi connectivity index (χ1n) is 36.9. The molecule has 2 aliphatic heterocycles. The monoisotopic (exact) mass is 1330 g/mol. The second-order valence-electron chi connectivity index (χ2n) is 25.0. The lowest BCUT2D eigenvalue weighted by Gasteiger charge is -2.46. The van der Waals surface area contributed by atoms with Crippen LogP contribution in [0.2, 0.25) is 0 Å². The summed E-state index contributed by atoms with van der Waals surface area (Å²) in [5, 5.41) is 87.4. The summed E-state index contributed by atoms with van der Waals surface area (Å²) < 4.78 is 22.8. The lowest BCUT2D eigenvalue weighted by Crippen LogP contribution is -2.65. The summed E-state index contributed by atoms with van der Waals surface area (Å²) in [6, 6.07) is -0.958. The normalized spacial score (nSPS) is 23.4. The SMILES string of the molecule is CC/C=C\C/C=C\C/C=C\C/C=C\C/C=C\C/C=C\C/C=C\C/C=C\C/C=C\C/C=C\C/C=C\CCCCCCCCCC(=O)NC(COC1OC(CO)C(OC2OC(CO)C(O)C(O)C2O)C(O)C1O)C(O)/C=C/CC/C=C/CC/C=C/CCCCCCCCCCCC. The number of ether oxygens (including phenoxy) is 4. The van der Waals surface area contributed by atoms with Crippen molar-refractivity contribution in [3.05, 3.63) is 170 Å². The van der Waals surface area contributed by atoms with Crippen molar-refractivity contribution in [2.24, 2.45) is 0 Å². The minimum Gasteiger partial charge on any atom is -0.394 e. The third-order valence-corrected chi connectivity index (χ3v) is 16.6. The van der Waals surface area contributed by atoms with Gasteiger partial charge in [0.15, 0.2) is 12.6 Å². The van der Waals surface area contributed by atoms with E-state index in [4.69, 9.17) is 18.9 Å². The van der Waals surface area contributed by atoms with E-state index in [1.807, 2.05) is 6.08 Å². The van der Waals surface area contributed by atoms with Crippen LogP contribution in [0.25, 0.3) is 0 Å². The lowest BCUT2D eigenvalue weighted by molar-refractivity contribution is -0.359. The summed E-state index contributed by atoms with van der Waals surface area (Å²) in [6.45, 7) is 2.64. The largest absolute Gasteiger partial charge is 0.394 e. The highest BCUT2D eigenvalue weighted by atomic mass is 16.7. The molecule has 9 N–H and O–H groups in total. The smallest absolute Gasteiger partial charge is 0.220 e. The van der Waals surface area contributed by atoms with Gasteiger partial charge in [-0.25, -0.2) is 0 Å².